The number of nitrogens with zero attached hydrogens (tertiary/aromatic N) is 1. The smallest absolute Gasteiger partial charge is 0.240 e. The monoisotopic (exact) mass is 462 g/mol. The zero-order valence-corrected chi connectivity index (χ0v) is 18.7. The average molecular weight is 463 g/mol. The van der Waals surface area contributed by atoms with Crippen LogP contribution in [0.3, 0.4) is 0 Å². The Kier molecular flexibility index (Phi) is 6.12. The Morgan fingerprint density at radius 1 is 1.22 bits per heavy atom. The van der Waals surface area contributed by atoms with Crippen molar-refractivity contribution in [3.8, 4) is 5.75 Å². The molecule has 0 radical (unpaired) electrons. The lowest BCUT2D eigenvalue weighted by Crippen LogP contribution is -2.54. The van der Waals surface area contributed by atoms with Crippen LogP contribution in [-0.2, 0) is 15.0 Å². The van der Waals surface area contributed by atoms with Gasteiger partial charge in [0.25, 0.3) is 0 Å². The lowest BCUT2D eigenvalue weighted by Gasteiger charge is -2.41. The predicted octanol–water partition coefficient (Wildman–Crippen LogP) is 4.62. The van der Waals surface area contributed by atoms with Crippen LogP contribution in [0.5, 0.6) is 5.75 Å². The number of hydrogen-bond donors (Lipinski definition) is 1. The van der Waals surface area contributed by atoms with Crippen molar-refractivity contribution in [1.82, 2.24) is 5.32 Å². The highest BCUT2D eigenvalue weighted by Gasteiger charge is 2.59. The van der Waals surface area contributed by atoms with Crippen LogP contribution < -0.4 is 15.0 Å². The van der Waals surface area contributed by atoms with Gasteiger partial charge in [0.15, 0.2) is 11.6 Å². The minimum Gasteiger partial charge on any atom is -0.491 e. The van der Waals surface area contributed by atoms with E-state index in [1.807, 2.05) is 18.2 Å². The van der Waals surface area contributed by atoms with E-state index >= 15 is 4.39 Å². The number of piperidine rings is 1. The summed E-state index contributed by atoms with van der Waals surface area (Å²) in [5.74, 6) is -2.29. The third-order valence-electron chi connectivity index (χ3n) is 6.11. The molecular formula is C24H25ClF2N2O3. The number of ether oxygens (including phenoxy) is 1. The molecule has 0 aromatic heterocycles. The summed E-state index contributed by atoms with van der Waals surface area (Å²) in [5.41, 5.74) is -0.0368. The molecule has 1 saturated heterocycles. The molecule has 0 aliphatic carbocycles. The third kappa shape index (κ3) is 3.52. The summed E-state index contributed by atoms with van der Waals surface area (Å²) in [6.45, 7) is 3.93. The van der Waals surface area contributed by atoms with E-state index in [-0.39, 0.29) is 42.1 Å². The van der Waals surface area contributed by atoms with Gasteiger partial charge in [0.05, 0.1) is 17.7 Å². The number of benzene rings is 2. The Balaban J connectivity index is 1.94. The molecule has 170 valence electrons. The predicted molar refractivity (Wildman–Crippen MR) is 118 cm³/mol. The summed E-state index contributed by atoms with van der Waals surface area (Å²) in [6.07, 6.45) is 0.524. The van der Waals surface area contributed by atoms with E-state index in [0.717, 1.165) is 6.07 Å². The fourth-order valence-corrected chi connectivity index (χ4v) is 4.94. The van der Waals surface area contributed by atoms with E-state index in [9.17, 15) is 14.0 Å². The van der Waals surface area contributed by atoms with Crippen LogP contribution in [0.2, 0.25) is 0 Å². The zero-order chi connectivity index (χ0) is 23.0. The van der Waals surface area contributed by atoms with Crippen molar-refractivity contribution in [2.45, 2.75) is 50.7 Å². The number of alkyl halides is 1. The van der Waals surface area contributed by atoms with E-state index < -0.39 is 23.1 Å². The van der Waals surface area contributed by atoms with Gasteiger partial charge < -0.3 is 15.0 Å². The van der Waals surface area contributed by atoms with Gasteiger partial charge >= 0.3 is 0 Å². The lowest BCUT2D eigenvalue weighted by atomic mass is 9.67. The molecule has 0 saturated carbocycles. The van der Waals surface area contributed by atoms with Crippen LogP contribution in [0.4, 0.5) is 14.5 Å². The van der Waals surface area contributed by atoms with Gasteiger partial charge in [0, 0.05) is 24.5 Å². The van der Waals surface area contributed by atoms with E-state index in [0.29, 0.717) is 30.1 Å². The highest BCUT2D eigenvalue weighted by Crippen LogP contribution is 2.54. The quantitative estimate of drug-likeness (QED) is 0.637. The molecule has 2 unspecified atom stereocenters. The highest BCUT2D eigenvalue weighted by molar-refractivity contribution is 6.18. The van der Waals surface area contributed by atoms with Crippen LogP contribution >= 0.6 is 11.6 Å². The van der Waals surface area contributed by atoms with Crippen LogP contribution in [0.1, 0.15) is 50.3 Å². The molecule has 2 heterocycles. The number of carbonyl (C=O) groups excluding carboxylic acids is 2. The fraction of sp³-hybridized carbons (Fsp3) is 0.417. The van der Waals surface area contributed by atoms with Gasteiger partial charge in [-0.25, -0.2) is 8.78 Å². The van der Waals surface area contributed by atoms with Crippen LogP contribution in [0, 0.1) is 11.6 Å². The van der Waals surface area contributed by atoms with Gasteiger partial charge in [0.1, 0.15) is 11.2 Å². The normalized spacial score (nSPS) is 22.4. The van der Waals surface area contributed by atoms with Gasteiger partial charge in [-0.05, 0) is 50.5 Å². The van der Waals surface area contributed by atoms with Gasteiger partial charge in [-0.2, -0.15) is 0 Å². The van der Waals surface area contributed by atoms with Crippen molar-refractivity contribution in [3.63, 3.8) is 0 Å². The number of carbonyl (C=O) groups is 2. The van der Waals surface area contributed by atoms with Gasteiger partial charge in [-0.3, -0.25) is 9.59 Å². The number of anilines is 1. The molecule has 4 rings (SSSR count). The molecular weight excluding hydrogens is 438 g/mol. The number of halogens is 3. The molecule has 1 fully saturated rings. The molecule has 1 spiro atoms. The first-order chi connectivity index (χ1) is 15.3. The summed E-state index contributed by atoms with van der Waals surface area (Å²) < 4.78 is 35.5. The maximum Gasteiger partial charge on any atom is 0.240 e. The minimum absolute atomic E-state index is 0.0945. The topological polar surface area (TPSA) is 58.6 Å². The molecule has 5 nitrogen and oxygen atoms in total. The van der Waals surface area contributed by atoms with E-state index in [4.69, 9.17) is 16.3 Å². The SMILES string of the molecule is CC(C)Oc1ccc(F)c(F)c1C1NC(=O)CCC12C(=O)N(CCCCl)c1ccccc12. The summed E-state index contributed by atoms with van der Waals surface area (Å²) in [7, 11) is 0. The molecule has 2 aliphatic rings. The second kappa shape index (κ2) is 8.70. The molecule has 2 atom stereocenters. The van der Waals surface area contributed by atoms with Crippen molar-refractivity contribution in [2.75, 3.05) is 17.3 Å². The number of nitrogens with one attached hydrogen (secondary N) is 1. The number of fused-ring (bicyclic) bond motifs is 2. The summed E-state index contributed by atoms with van der Waals surface area (Å²) in [4.78, 5) is 28.1. The average Bonchev–Trinajstić information content (AvgIpc) is 2.99. The highest BCUT2D eigenvalue weighted by atomic mass is 35.5. The molecule has 2 aromatic rings. The Morgan fingerprint density at radius 3 is 2.69 bits per heavy atom. The van der Waals surface area contributed by atoms with E-state index in [1.165, 1.54) is 6.07 Å². The molecule has 8 heteroatoms. The molecule has 2 amide bonds. The van der Waals surface area contributed by atoms with Crippen molar-refractivity contribution in [3.05, 3.63) is 59.2 Å². The molecule has 1 N–H and O–H groups in total. The third-order valence-corrected chi connectivity index (χ3v) is 6.37. The molecule has 0 bridgehead atoms. The van der Waals surface area contributed by atoms with Crippen LogP contribution in [-0.4, -0.2) is 30.3 Å². The number of rotatable bonds is 6. The number of hydrogen-bond acceptors (Lipinski definition) is 3. The van der Waals surface area contributed by atoms with Crippen molar-refractivity contribution in [1.29, 1.82) is 0 Å². The minimum atomic E-state index is -1.28. The van der Waals surface area contributed by atoms with E-state index in [1.54, 1.807) is 24.8 Å². The van der Waals surface area contributed by atoms with Gasteiger partial charge in [0.2, 0.25) is 11.8 Å². The first-order valence-electron chi connectivity index (χ1n) is 10.7. The Labute approximate surface area is 190 Å². The maximum atomic E-state index is 15.3. The Hall–Kier alpha value is -2.67. The second-order valence-electron chi connectivity index (χ2n) is 8.43. The molecule has 2 aliphatic heterocycles. The first-order valence-corrected chi connectivity index (χ1v) is 11.3. The Morgan fingerprint density at radius 2 is 1.97 bits per heavy atom. The fourth-order valence-electron chi connectivity index (χ4n) is 4.82. The van der Waals surface area contributed by atoms with Crippen molar-refractivity contribution < 1.29 is 23.1 Å². The van der Waals surface area contributed by atoms with Gasteiger partial charge in [-0.1, -0.05) is 18.2 Å². The number of amides is 2. The number of para-hydroxylation sites is 1. The molecule has 32 heavy (non-hydrogen) atoms. The van der Waals surface area contributed by atoms with Crippen molar-refractivity contribution >= 4 is 29.1 Å². The van der Waals surface area contributed by atoms with Crippen molar-refractivity contribution in [2.24, 2.45) is 0 Å². The molecule has 2 aromatic carbocycles. The largest absolute Gasteiger partial charge is 0.491 e. The summed E-state index contributed by atoms with van der Waals surface area (Å²) in [5, 5.41) is 2.80. The van der Waals surface area contributed by atoms with E-state index in [2.05, 4.69) is 5.32 Å². The van der Waals surface area contributed by atoms with Crippen LogP contribution in [0.25, 0.3) is 0 Å². The summed E-state index contributed by atoms with van der Waals surface area (Å²) >= 11 is 5.88. The first kappa shape index (κ1) is 22.5. The maximum absolute atomic E-state index is 15.3. The zero-order valence-electron chi connectivity index (χ0n) is 18.0. The second-order valence-corrected chi connectivity index (χ2v) is 8.81. The summed E-state index contributed by atoms with van der Waals surface area (Å²) in [6, 6.07) is 8.49. The Bertz CT molecular complexity index is 1060. The van der Waals surface area contributed by atoms with Gasteiger partial charge in [-0.15, -0.1) is 11.6 Å². The lowest BCUT2D eigenvalue weighted by molar-refractivity contribution is -0.131. The van der Waals surface area contributed by atoms with Crippen LogP contribution in [0.15, 0.2) is 36.4 Å². The standard InChI is InChI=1S/C24H25ClF2N2O3/c1-14(2)32-18-9-8-16(26)21(27)20(18)22-24(11-10-19(30)28-22)15-6-3-4-7-17(15)29(23(24)31)13-5-12-25/h3-4,6-9,14,22H,5,10-13H2,1-2H3,(H,28,30).